The van der Waals surface area contributed by atoms with Crippen LogP contribution in [0.5, 0.6) is 5.75 Å². The smallest absolute Gasteiger partial charge is 0.199 e. The Morgan fingerprint density at radius 1 is 1.45 bits per heavy atom. The highest BCUT2D eigenvalue weighted by atomic mass is 19.1. The van der Waals surface area contributed by atoms with Crippen molar-refractivity contribution >= 4 is 17.2 Å². The second-order valence-electron chi connectivity index (χ2n) is 4.82. The van der Waals surface area contributed by atoms with E-state index in [1.165, 1.54) is 6.07 Å². The monoisotopic (exact) mass is 274 g/mol. The minimum Gasteiger partial charge on any atom is -0.490 e. The molecule has 1 aromatic heterocycles. The van der Waals surface area contributed by atoms with Crippen LogP contribution in [0.15, 0.2) is 23.1 Å². The van der Waals surface area contributed by atoms with Gasteiger partial charge >= 0.3 is 0 Å². The topological polar surface area (TPSA) is 48.3 Å². The Balaban J connectivity index is 2.35. The van der Waals surface area contributed by atoms with Gasteiger partial charge in [-0.2, -0.15) is 0 Å². The van der Waals surface area contributed by atoms with Crippen LogP contribution >= 0.6 is 0 Å². The van der Waals surface area contributed by atoms with Gasteiger partial charge in [0, 0.05) is 23.7 Å². The van der Waals surface area contributed by atoms with E-state index in [4.69, 9.17) is 4.74 Å². The van der Waals surface area contributed by atoms with Crippen LogP contribution in [0.1, 0.15) is 29.2 Å². The van der Waals surface area contributed by atoms with E-state index in [1.807, 2.05) is 4.57 Å². The summed E-state index contributed by atoms with van der Waals surface area (Å²) in [5, 5.41) is 0.204. The molecule has 1 radical (unpaired) electrons. The fourth-order valence-corrected chi connectivity index (χ4v) is 2.33. The van der Waals surface area contributed by atoms with E-state index < -0.39 is 11.2 Å². The number of fused-ring (bicyclic) bond motifs is 1. The number of hydrogen-bond acceptors (Lipinski definition) is 3. The van der Waals surface area contributed by atoms with Gasteiger partial charge in [-0.3, -0.25) is 9.59 Å². The zero-order chi connectivity index (χ0) is 14.3. The largest absolute Gasteiger partial charge is 0.490 e. The van der Waals surface area contributed by atoms with E-state index in [0.717, 1.165) is 18.9 Å². The Kier molecular flexibility index (Phi) is 3.04. The molecular weight excluding hydrogens is 261 g/mol. The molecule has 0 aliphatic heterocycles. The fourth-order valence-electron chi connectivity index (χ4n) is 2.33. The zero-order valence-corrected chi connectivity index (χ0v) is 10.8. The molecule has 0 spiro atoms. The number of nitrogens with zero attached hydrogens (tertiary/aromatic N) is 1. The molecule has 3 rings (SSSR count). The number of hydrogen-bond donors (Lipinski definition) is 0. The van der Waals surface area contributed by atoms with Crippen LogP contribution in [0.3, 0.4) is 0 Å². The summed E-state index contributed by atoms with van der Waals surface area (Å²) in [6.07, 6.45) is 4.03. The lowest BCUT2D eigenvalue weighted by Crippen LogP contribution is -2.14. The molecular formula is C15H13FNO3. The normalized spacial score (nSPS) is 14.5. The average molecular weight is 274 g/mol. The molecule has 5 heteroatoms. The highest BCUT2D eigenvalue weighted by molar-refractivity contribution is 5.87. The standard InChI is InChI=1S/C15H13FNO3/c1-2-20-14-6-13-11(5-12(14)16)15(19)9(8-18)7-17(13)10-3-4-10/h5-8,10H,1-4H2. The van der Waals surface area contributed by atoms with Crippen LogP contribution < -0.4 is 10.2 Å². The van der Waals surface area contributed by atoms with Crippen molar-refractivity contribution in [1.29, 1.82) is 0 Å². The van der Waals surface area contributed by atoms with Crippen LogP contribution in [-0.4, -0.2) is 17.5 Å². The maximum absolute atomic E-state index is 13.9. The van der Waals surface area contributed by atoms with Crippen LogP contribution in [0, 0.1) is 12.7 Å². The molecule has 1 saturated carbocycles. The summed E-state index contributed by atoms with van der Waals surface area (Å²) in [4.78, 5) is 23.1. The van der Waals surface area contributed by atoms with Gasteiger partial charge in [-0.1, -0.05) is 0 Å². The number of aldehydes is 1. The van der Waals surface area contributed by atoms with Gasteiger partial charge in [-0.05, 0) is 25.8 Å². The summed E-state index contributed by atoms with van der Waals surface area (Å²) >= 11 is 0. The second-order valence-corrected chi connectivity index (χ2v) is 4.82. The number of ether oxygens (including phenoxy) is 1. The highest BCUT2D eigenvalue weighted by Gasteiger charge is 2.26. The predicted molar refractivity (Wildman–Crippen MR) is 72.7 cm³/mol. The molecule has 1 heterocycles. The number of benzene rings is 1. The molecule has 20 heavy (non-hydrogen) atoms. The Morgan fingerprint density at radius 2 is 2.20 bits per heavy atom. The Morgan fingerprint density at radius 3 is 2.80 bits per heavy atom. The van der Waals surface area contributed by atoms with E-state index >= 15 is 0 Å². The molecule has 1 aliphatic rings. The summed E-state index contributed by atoms with van der Waals surface area (Å²) in [5.41, 5.74) is 0.189. The van der Waals surface area contributed by atoms with Crippen molar-refractivity contribution in [2.45, 2.75) is 18.9 Å². The third-order valence-electron chi connectivity index (χ3n) is 3.44. The predicted octanol–water partition coefficient (Wildman–Crippen LogP) is 2.50. The molecule has 1 aliphatic carbocycles. The molecule has 2 aromatic rings. The van der Waals surface area contributed by atoms with E-state index in [-0.39, 0.29) is 29.3 Å². The van der Waals surface area contributed by atoms with Crippen LogP contribution in [0.2, 0.25) is 0 Å². The third kappa shape index (κ3) is 1.99. The molecule has 4 nitrogen and oxygen atoms in total. The van der Waals surface area contributed by atoms with E-state index in [9.17, 15) is 14.0 Å². The lowest BCUT2D eigenvalue weighted by Gasteiger charge is -2.13. The number of rotatable bonds is 4. The molecule has 103 valence electrons. The number of carbonyl (C=O) groups is 1. The molecule has 0 saturated heterocycles. The minimum absolute atomic E-state index is 0.0506. The van der Waals surface area contributed by atoms with E-state index in [0.29, 0.717) is 11.8 Å². The summed E-state index contributed by atoms with van der Waals surface area (Å²) < 4.78 is 20.9. The van der Waals surface area contributed by atoms with Crippen molar-refractivity contribution < 1.29 is 13.9 Å². The van der Waals surface area contributed by atoms with E-state index in [1.54, 1.807) is 6.20 Å². The van der Waals surface area contributed by atoms with Gasteiger partial charge in [0.1, 0.15) is 0 Å². The number of pyridine rings is 1. The SMILES string of the molecule is [CH2]COc1cc2c(cc1F)c(=O)c(C=O)cn2C1CC1. The van der Waals surface area contributed by atoms with Gasteiger partial charge in [0.05, 0.1) is 17.7 Å². The molecule has 1 fully saturated rings. The molecule has 1 aromatic carbocycles. The fraction of sp³-hybridized carbons (Fsp3) is 0.267. The van der Waals surface area contributed by atoms with Crippen molar-refractivity contribution in [2.75, 3.05) is 6.61 Å². The first-order valence-corrected chi connectivity index (χ1v) is 6.41. The molecule has 0 N–H and O–H groups in total. The number of halogens is 1. The maximum atomic E-state index is 13.9. The van der Waals surface area contributed by atoms with Gasteiger partial charge in [0.25, 0.3) is 0 Å². The Labute approximate surface area is 114 Å². The second kappa shape index (κ2) is 4.74. The Hall–Kier alpha value is -2.17. The van der Waals surface area contributed by atoms with Gasteiger partial charge < -0.3 is 9.30 Å². The first-order chi connectivity index (χ1) is 9.65. The maximum Gasteiger partial charge on any atom is 0.199 e. The molecule has 0 atom stereocenters. The first kappa shape index (κ1) is 12.8. The molecule has 0 unspecified atom stereocenters. The van der Waals surface area contributed by atoms with Gasteiger partial charge in [0.2, 0.25) is 0 Å². The summed E-state index contributed by atoms with van der Waals surface area (Å²) in [6, 6.07) is 2.90. The van der Waals surface area contributed by atoms with Crippen LogP contribution in [0.4, 0.5) is 4.39 Å². The van der Waals surface area contributed by atoms with Crippen molar-refractivity contribution in [3.63, 3.8) is 0 Å². The van der Waals surface area contributed by atoms with Crippen LogP contribution in [-0.2, 0) is 0 Å². The lowest BCUT2D eigenvalue weighted by atomic mass is 10.1. The number of aromatic nitrogens is 1. The quantitative estimate of drug-likeness (QED) is 0.805. The van der Waals surface area contributed by atoms with Crippen molar-refractivity contribution in [1.82, 2.24) is 4.57 Å². The van der Waals surface area contributed by atoms with Gasteiger partial charge in [0.15, 0.2) is 23.3 Å². The average Bonchev–Trinajstić information content (AvgIpc) is 3.26. The zero-order valence-electron chi connectivity index (χ0n) is 10.8. The number of carbonyl (C=O) groups excluding carboxylic acids is 1. The lowest BCUT2D eigenvalue weighted by molar-refractivity contribution is 0.112. The first-order valence-electron chi connectivity index (χ1n) is 6.41. The van der Waals surface area contributed by atoms with E-state index in [2.05, 4.69) is 6.92 Å². The highest BCUT2D eigenvalue weighted by Crippen LogP contribution is 2.37. The third-order valence-corrected chi connectivity index (χ3v) is 3.44. The van der Waals surface area contributed by atoms with Crippen molar-refractivity contribution in [3.8, 4) is 5.75 Å². The minimum atomic E-state index is -0.622. The molecule has 0 amide bonds. The van der Waals surface area contributed by atoms with Gasteiger partial charge in [-0.25, -0.2) is 4.39 Å². The Bertz CT molecular complexity index is 747. The summed E-state index contributed by atoms with van der Waals surface area (Å²) in [6.45, 7) is 3.61. The van der Waals surface area contributed by atoms with Gasteiger partial charge in [-0.15, -0.1) is 0 Å². The van der Waals surface area contributed by atoms with Crippen LogP contribution in [0.25, 0.3) is 10.9 Å². The van der Waals surface area contributed by atoms with Crippen molar-refractivity contribution in [3.05, 3.63) is 46.9 Å². The summed E-state index contributed by atoms with van der Waals surface area (Å²) in [5.74, 6) is -0.552. The molecule has 0 bridgehead atoms. The van der Waals surface area contributed by atoms with Crippen molar-refractivity contribution in [2.24, 2.45) is 0 Å². The summed E-state index contributed by atoms with van der Waals surface area (Å²) in [7, 11) is 0.